The summed E-state index contributed by atoms with van der Waals surface area (Å²) in [6.07, 6.45) is -15.1. The Morgan fingerprint density at radius 2 is 1.47 bits per heavy atom. The SMILES string of the molecule is O=C(O)CC(=O)OC[C@H]1O[C@@H](OC2C3CC(C(=O)O)OC4CC(O)CC(OC2C2CCC(O)C(O)C2)C43)[C@H](O)[C@@H](O)[C@@H]1O. The first kappa shape index (κ1) is 32.4. The van der Waals surface area contributed by atoms with E-state index in [0.29, 0.717) is 6.42 Å². The van der Waals surface area contributed by atoms with E-state index in [0.717, 1.165) is 0 Å². The molecule has 0 aromatic carbocycles. The van der Waals surface area contributed by atoms with Crippen LogP contribution in [0.4, 0.5) is 0 Å². The van der Waals surface area contributed by atoms with Gasteiger partial charge in [0.2, 0.25) is 0 Å². The molecule has 16 heteroatoms. The zero-order valence-electron chi connectivity index (χ0n) is 23.2. The van der Waals surface area contributed by atoms with Gasteiger partial charge in [-0.15, -0.1) is 0 Å². The fourth-order valence-electron chi connectivity index (χ4n) is 7.43. The predicted molar refractivity (Wildman–Crippen MR) is 136 cm³/mol. The van der Waals surface area contributed by atoms with E-state index in [2.05, 4.69) is 0 Å². The summed E-state index contributed by atoms with van der Waals surface area (Å²) in [5.74, 6) is -5.08. The minimum Gasteiger partial charge on any atom is -0.481 e. The molecule has 16 nitrogen and oxygen atoms in total. The predicted octanol–water partition coefficient (Wildman–Crippen LogP) is -2.88. The third-order valence-electron chi connectivity index (χ3n) is 9.49. The number of carbonyl (C=O) groups is 3. The second-order valence-corrected chi connectivity index (χ2v) is 12.3. The van der Waals surface area contributed by atoms with Crippen LogP contribution in [0.5, 0.6) is 0 Å². The van der Waals surface area contributed by atoms with Crippen molar-refractivity contribution < 1.29 is 78.9 Å². The van der Waals surface area contributed by atoms with Crippen molar-refractivity contribution in [3.05, 3.63) is 0 Å². The Bertz CT molecular complexity index is 1020. The van der Waals surface area contributed by atoms with E-state index >= 15 is 0 Å². The lowest BCUT2D eigenvalue weighted by Crippen LogP contribution is -2.67. The minimum atomic E-state index is -1.82. The summed E-state index contributed by atoms with van der Waals surface area (Å²) in [7, 11) is 0. The molecule has 3 saturated heterocycles. The molecule has 0 bridgehead atoms. The molecule has 244 valence electrons. The van der Waals surface area contributed by atoms with Crippen molar-refractivity contribution >= 4 is 17.9 Å². The summed E-state index contributed by atoms with van der Waals surface area (Å²) in [6.45, 7) is -0.656. The Morgan fingerprint density at radius 1 is 0.767 bits per heavy atom. The van der Waals surface area contributed by atoms with Crippen molar-refractivity contribution in [2.75, 3.05) is 6.61 Å². The van der Waals surface area contributed by atoms with E-state index in [4.69, 9.17) is 28.8 Å². The highest BCUT2D eigenvalue weighted by Crippen LogP contribution is 2.50. The van der Waals surface area contributed by atoms with Crippen LogP contribution in [0.25, 0.3) is 0 Å². The molecule has 5 rings (SSSR count). The molecule has 11 unspecified atom stereocenters. The third-order valence-corrected chi connectivity index (χ3v) is 9.49. The second kappa shape index (κ2) is 13.2. The van der Waals surface area contributed by atoms with Crippen LogP contribution in [0.2, 0.25) is 0 Å². The maximum atomic E-state index is 12.1. The summed E-state index contributed by atoms with van der Waals surface area (Å²) in [5.41, 5.74) is 0. The lowest BCUT2D eigenvalue weighted by molar-refractivity contribution is -0.350. The normalized spacial score (nSPS) is 48.1. The number of carboxylic acids is 2. The molecule has 5 fully saturated rings. The molecule has 2 saturated carbocycles. The number of aliphatic hydroxyl groups is 6. The van der Waals surface area contributed by atoms with Gasteiger partial charge in [-0.25, -0.2) is 4.79 Å². The number of hydrogen-bond donors (Lipinski definition) is 8. The van der Waals surface area contributed by atoms with E-state index in [-0.39, 0.29) is 38.0 Å². The van der Waals surface area contributed by atoms with E-state index in [1.54, 1.807) is 0 Å². The largest absolute Gasteiger partial charge is 0.481 e. The van der Waals surface area contributed by atoms with Gasteiger partial charge in [0.25, 0.3) is 0 Å². The number of carboxylic acid groups (broad SMARTS) is 2. The number of rotatable bonds is 8. The Kier molecular flexibility index (Phi) is 9.92. The molecular weight excluding hydrogens is 580 g/mol. The quantitative estimate of drug-likeness (QED) is 0.100. The molecule has 0 spiro atoms. The van der Waals surface area contributed by atoms with E-state index in [9.17, 15) is 50.1 Å². The molecule has 43 heavy (non-hydrogen) atoms. The maximum absolute atomic E-state index is 12.1. The third kappa shape index (κ3) is 6.83. The average molecular weight is 621 g/mol. The zero-order chi connectivity index (χ0) is 31.2. The van der Waals surface area contributed by atoms with Gasteiger partial charge < -0.3 is 64.5 Å². The summed E-state index contributed by atoms with van der Waals surface area (Å²) in [4.78, 5) is 34.6. The maximum Gasteiger partial charge on any atom is 0.332 e. The lowest BCUT2D eigenvalue weighted by Gasteiger charge is -2.57. The van der Waals surface area contributed by atoms with Gasteiger partial charge in [-0.3, -0.25) is 9.59 Å². The smallest absolute Gasteiger partial charge is 0.332 e. The Labute approximate surface area is 246 Å². The Balaban J connectivity index is 1.42. The van der Waals surface area contributed by atoms with Crippen LogP contribution < -0.4 is 0 Å². The molecule has 0 aromatic rings. The van der Waals surface area contributed by atoms with Crippen molar-refractivity contribution in [1.82, 2.24) is 0 Å². The van der Waals surface area contributed by atoms with Crippen molar-refractivity contribution in [3.63, 3.8) is 0 Å². The number of ether oxygens (including phenoxy) is 5. The van der Waals surface area contributed by atoms with Gasteiger partial charge in [-0.1, -0.05) is 0 Å². The van der Waals surface area contributed by atoms with E-state index in [1.165, 1.54) is 0 Å². The van der Waals surface area contributed by atoms with Crippen LogP contribution >= 0.6 is 0 Å². The van der Waals surface area contributed by atoms with E-state index in [1.807, 2.05) is 0 Å². The highest BCUT2D eigenvalue weighted by molar-refractivity contribution is 5.90. The molecular formula is C27H40O16. The van der Waals surface area contributed by atoms with Gasteiger partial charge in [0, 0.05) is 12.3 Å². The number of aliphatic hydroxyl groups excluding tert-OH is 6. The molecule has 2 aliphatic carbocycles. The monoisotopic (exact) mass is 620 g/mol. The van der Waals surface area contributed by atoms with Crippen molar-refractivity contribution in [3.8, 4) is 0 Å². The summed E-state index contributed by atoms with van der Waals surface area (Å²) < 4.78 is 29.3. The number of esters is 1. The molecule has 0 aromatic heterocycles. The first-order valence-electron chi connectivity index (χ1n) is 14.6. The molecule has 0 amide bonds. The van der Waals surface area contributed by atoms with Gasteiger partial charge in [-0.05, 0) is 43.9 Å². The summed E-state index contributed by atoms with van der Waals surface area (Å²) in [5, 5.41) is 81.7. The first-order valence-corrected chi connectivity index (χ1v) is 14.6. The van der Waals surface area contributed by atoms with Crippen LogP contribution in [0.1, 0.15) is 44.9 Å². The Hall–Kier alpha value is -1.99. The van der Waals surface area contributed by atoms with Gasteiger partial charge in [0.15, 0.2) is 12.4 Å². The van der Waals surface area contributed by atoms with Crippen LogP contribution in [0.15, 0.2) is 0 Å². The molecule has 16 atom stereocenters. The summed E-state index contributed by atoms with van der Waals surface area (Å²) >= 11 is 0. The molecule has 8 N–H and O–H groups in total. The van der Waals surface area contributed by atoms with Gasteiger partial charge in [-0.2, -0.15) is 0 Å². The highest BCUT2D eigenvalue weighted by atomic mass is 16.7. The minimum absolute atomic E-state index is 0.00422. The van der Waals surface area contributed by atoms with Crippen LogP contribution in [-0.2, 0) is 38.1 Å². The molecule has 3 heterocycles. The topological polar surface area (TPSA) is 259 Å². The average Bonchev–Trinajstić information content (AvgIpc) is 2.94. The number of aliphatic carboxylic acids is 2. The van der Waals surface area contributed by atoms with Crippen LogP contribution in [-0.4, -0.2) is 145 Å². The number of hydrogen-bond acceptors (Lipinski definition) is 14. The fraction of sp³-hybridized carbons (Fsp3) is 0.889. The number of carbonyl (C=O) groups excluding carboxylic acids is 1. The first-order chi connectivity index (χ1) is 20.3. The van der Waals surface area contributed by atoms with Crippen LogP contribution in [0.3, 0.4) is 0 Å². The fourth-order valence-corrected chi connectivity index (χ4v) is 7.43. The van der Waals surface area contributed by atoms with Crippen LogP contribution in [0, 0.1) is 17.8 Å². The molecule has 5 aliphatic rings. The Morgan fingerprint density at radius 3 is 2.12 bits per heavy atom. The zero-order valence-corrected chi connectivity index (χ0v) is 23.2. The van der Waals surface area contributed by atoms with Gasteiger partial charge >= 0.3 is 17.9 Å². The lowest BCUT2D eigenvalue weighted by atomic mass is 9.64. The van der Waals surface area contributed by atoms with Gasteiger partial charge in [0.1, 0.15) is 37.4 Å². The molecule has 0 radical (unpaired) electrons. The molecule has 3 aliphatic heterocycles. The van der Waals surface area contributed by atoms with Crippen molar-refractivity contribution in [1.29, 1.82) is 0 Å². The van der Waals surface area contributed by atoms with E-state index < -0.39 is 122 Å². The summed E-state index contributed by atoms with van der Waals surface area (Å²) in [6, 6.07) is 0. The standard InChI is InChI=1S/C27H40O16/c28-10-4-14-20-11(6-16(40-14)26(37)38)25(24(41-15(20)5-10)9-1-2-12(29)13(30)3-9)43-27-23(36)22(35)21(34)17(42-27)8-39-19(33)7-18(31)32/h9-17,20-25,27-30,34-36H,1-8H2,(H,31,32)(H,37,38)/t9?,10?,11?,12?,13?,14?,15?,16?,17-,20?,21-,22+,23-,24?,25?,27+/m1/s1. The van der Waals surface area contributed by atoms with Gasteiger partial charge in [0.05, 0.1) is 42.7 Å². The second-order valence-electron chi connectivity index (χ2n) is 12.3. The van der Waals surface area contributed by atoms with Crippen molar-refractivity contribution in [2.45, 2.75) is 124 Å². The highest BCUT2D eigenvalue weighted by Gasteiger charge is 2.59. The van der Waals surface area contributed by atoms with Crippen molar-refractivity contribution in [2.24, 2.45) is 17.8 Å².